The van der Waals surface area contributed by atoms with Crippen LogP contribution in [-0.2, 0) is 5.33 Å². The van der Waals surface area contributed by atoms with Crippen LogP contribution >= 0.6 is 15.9 Å². The third kappa shape index (κ3) is 2.69. The Bertz CT molecular complexity index is 276. The second kappa shape index (κ2) is 5.22. The number of hydrogen-bond donors (Lipinski definition) is 0. The molecule has 0 aliphatic carbocycles. The Labute approximate surface area is 86.0 Å². The lowest BCUT2D eigenvalue weighted by atomic mass is 10.2. The Morgan fingerprint density at radius 1 is 1.46 bits per heavy atom. The smallest absolute Gasteiger partial charge is 0.165 e. The molecule has 0 saturated heterocycles. The van der Waals surface area contributed by atoms with E-state index in [9.17, 15) is 4.39 Å². The third-order valence-electron chi connectivity index (χ3n) is 1.64. The molecule has 0 amide bonds. The molecule has 1 aromatic carbocycles. The molecule has 0 saturated carbocycles. The zero-order valence-corrected chi connectivity index (χ0v) is 9.10. The molecule has 1 nitrogen and oxygen atoms in total. The average Bonchev–Trinajstić information content (AvgIpc) is 2.15. The monoisotopic (exact) mass is 246 g/mol. The molecule has 0 atom stereocenters. The summed E-state index contributed by atoms with van der Waals surface area (Å²) in [6, 6.07) is 4.95. The molecule has 72 valence electrons. The summed E-state index contributed by atoms with van der Waals surface area (Å²) in [5.74, 6) is 0.0895. The van der Waals surface area contributed by atoms with E-state index in [0.29, 0.717) is 17.7 Å². The summed E-state index contributed by atoms with van der Waals surface area (Å²) in [4.78, 5) is 0. The summed E-state index contributed by atoms with van der Waals surface area (Å²) in [6.45, 7) is 2.55. The van der Waals surface area contributed by atoms with Gasteiger partial charge in [0.25, 0.3) is 0 Å². The predicted octanol–water partition coefficient (Wildman–Crippen LogP) is 3.51. The van der Waals surface area contributed by atoms with E-state index in [2.05, 4.69) is 15.9 Å². The van der Waals surface area contributed by atoms with Crippen LogP contribution in [0, 0.1) is 5.82 Å². The number of hydrogen-bond acceptors (Lipinski definition) is 1. The van der Waals surface area contributed by atoms with Crippen molar-refractivity contribution in [3.8, 4) is 5.75 Å². The molecule has 1 aromatic rings. The Hall–Kier alpha value is -0.570. The van der Waals surface area contributed by atoms with E-state index >= 15 is 0 Å². The van der Waals surface area contributed by atoms with E-state index in [1.165, 1.54) is 6.07 Å². The van der Waals surface area contributed by atoms with Crippen molar-refractivity contribution < 1.29 is 9.13 Å². The van der Waals surface area contributed by atoms with Gasteiger partial charge in [0.2, 0.25) is 0 Å². The summed E-state index contributed by atoms with van der Waals surface area (Å²) in [5.41, 5.74) is 0.855. The lowest BCUT2D eigenvalue weighted by molar-refractivity contribution is 0.299. The number of halogens is 2. The minimum absolute atomic E-state index is 0.287. The number of alkyl halides is 1. The maximum Gasteiger partial charge on any atom is 0.165 e. The molecule has 13 heavy (non-hydrogen) atoms. The molecule has 1 rings (SSSR count). The van der Waals surface area contributed by atoms with Gasteiger partial charge in [0.1, 0.15) is 0 Å². The normalized spacial score (nSPS) is 10.1. The van der Waals surface area contributed by atoms with E-state index in [1.807, 2.05) is 13.0 Å². The number of para-hydroxylation sites is 1. The van der Waals surface area contributed by atoms with Crippen molar-refractivity contribution in [3.05, 3.63) is 29.6 Å². The van der Waals surface area contributed by atoms with Crippen LogP contribution in [0.2, 0.25) is 0 Å². The van der Waals surface area contributed by atoms with Crippen LogP contribution in [-0.4, -0.2) is 6.61 Å². The molecule has 0 radical (unpaired) electrons. The van der Waals surface area contributed by atoms with E-state index in [-0.39, 0.29) is 5.82 Å². The maximum absolute atomic E-state index is 13.2. The van der Waals surface area contributed by atoms with E-state index in [4.69, 9.17) is 4.74 Å². The SMILES string of the molecule is CCCOc1c(F)cccc1CBr. The van der Waals surface area contributed by atoms with Crippen LogP contribution in [0.3, 0.4) is 0 Å². The minimum atomic E-state index is -0.287. The first-order valence-electron chi connectivity index (χ1n) is 4.25. The third-order valence-corrected chi connectivity index (χ3v) is 2.25. The summed E-state index contributed by atoms with van der Waals surface area (Å²) in [7, 11) is 0. The second-order valence-corrected chi connectivity index (χ2v) is 3.27. The number of ether oxygens (including phenoxy) is 1. The molecular weight excluding hydrogens is 235 g/mol. The fourth-order valence-electron chi connectivity index (χ4n) is 1.02. The van der Waals surface area contributed by atoms with Gasteiger partial charge in [0, 0.05) is 10.9 Å². The van der Waals surface area contributed by atoms with E-state index in [0.717, 1.165) is 12.0 Å². The minimum Gasteiger partial charge on any atom is -0.490 e. The highest BCUT2D eigenvalue weighted by Crippen LogP contribution is 2.24. The molecule has 0 aliphatic rings. The van der Waals surface area contributed by atoms with Gasteiger partial charge in [-0.15, -0.1) is 0 Å². The summed E-state index contributed by atoms with van der Waals surface area (Å²) in [6.07, 6.45) is 0.885. The van der Waals surface area contributed by atoms with Gasteiger partial charge in [-0.25, -0.2) is 4.39 Å². The first kappa shape index (κ1) is 10.5. The van der Waals surface area contributed by atoms with Gasteiger partial charge in [0.05, 0.1) is 6.61 Å². The number of benzene rings is 1. The molecule has 0 aliphatic heterocycles. The Morgan fingerprint density at radius 3 is 2.85 bits per heavy atom. The van der Waals surface area contributed by atoms with Gasteiger partial charge in [-0.3, -0.25) is 0 Å². The average molecular weight is 247 g/mol. The standard InChI is InChI=1S/C10H12BrFO/c1-2-6-13-10-8(7-11)4-3-5-9(10)12/h3-5H,2,6-7H2,1H3. The number of rotatable bonds is 4. The van der Waals surface area contributed by atoms with Crippen LogP contribution < -0.4 is 4.74 Å². The van der Waals surface area contributed by atoms with E-state index in [1.54, 1.807) is 6.07 Å². The lowest BCUT2D eigenvalue weighted by Crippen LogP contribution is -2.00. The quantitative estimate of drug-likeness (QED) is 0.740. The van der Waals surface area contributed by atoms with Crippen LogP contribution in [0.5, 0.6) is 5.75 Å². The fraction of sp³-hybridized carbons (Fsp3) is 0.400. The van der Waals surface area contributed by atoms with Gasteiger partial charge < -0.3 is 4.74 Å². The van der Waals surface area contributed by atoms with Crippen LogP contribution in [0.15, 0.2) is 18.2 Å². The predicted molar refractivity (Wildman–Crippen MR) is 54.8 cm³/mol. The highest BCUT2D eigenvalue weighted by molar-refractivity contribution is 9.08. The zero-order chi connectivity index (χ0) is 9.68. The van der Waals surface area contributed by atoms with Crippen molar-refractivity contribution in [1.82, 2.24) is 0 Å². The van der Waals surface area contributed by atoms with Crippen LogP contribution in [0.1, 0.15) is 18.9 Å². The highest BCUT2D eigenvalue weighted by Gasteiger charge is 2.07. The summed E-state index contributed by atoms with van der Waals surface area (Å²) < 4.78 is 18.5. The second-order valence-electron chi connectivity index (χ2n) is 2.71. The summed E-state index contributed by atoms with van der Waals surface area (Å²) in [5, 5.41) is 0.615. The van der Waals surface area contributed by atoms with Crippen molar-refractivity contribution in [1.29, 1.82) is 0 Å². The first-order chi connectivity index (χ1) is 6.29. The van der Waals surface area contributed by atoms with Gasteiger partial charge in [-0.2, -0.15) is 0 Å². The lowest BCUT2D eigenvalue weighted by Gasteiger charge is -2.09. The van der Waals surface area contributed by atoms with Crippen molar-refractivity contribution >= 4 is 15.9 Å². The van der Waals surface area contributed by atoms with Crippen molar-refractivity contribution in [2.75, 3.05) is 6.61 Å². The van der Waals surface area contributed by atoms with Gasteiger partial charge in [-0.1, -0.05) is 35.0 Å². The van der Waals surface area contributed by atoms with Gasteiger partial charge >= 0.3 is 0 Å². The topological polar surface area (TPSA) is 9.23 Å². The van der Waals surface area contributed by atoms with Crippen LogP contribution in [0.4, 0.5) is 4.39 Å². The maximum atomic E-state index is 13.2. The molecule has 0 heterocycles. The molecule has 0 N–H and O–H groups in total. The molecule has 0 unspecified atom stereocenters. The Balaban J connectivity index is 2.87. The van der Waals surface area contributed by atoms with Crippen molar-refractivity contribution in [3.63, 3.8) is 0 Å². The molecule has 3 heteroatoms. The van der Waals surface area contributed by atoms with E-state index < -0.39 is 0 Å². The highest BCUT2D eigenvalue weighted by atomic mass is 79.9. The van der Waals surface area contributed by atoms with Crippen LogP contribution in [0.25, 0.3) is 0 Å². The van der Waals surface area contributed by atoms with Crippen molar-refractivity contribution in [2.24, 2.45) is 0 Å². The van der Waals surface area contributed by atoms with Gasteiger partial charge in [-0.05, 0) is 12.5 Å². The fourth-order valence-corrected chi connectivity index (χ4v) is 1.47. The molecule has 0 aromatic heterocycles. The first-order valence-corrected chi connectivity index (χ1v) is 5.38. The Kier molecular flexibility index (Phi) is 4.22. The largest absolute Gasteiger partial charge is 0.490 e. The zero-order valence-electron chi connectivity index (χ0n) is 7.52. The summed E-state index contributed by atoms with van der Waals surface area (Å²) >= 11 is 3.29. The van der Waals surface area contributed by atoms with Gasteiger partial charge in [0.15, 0.2) is 11.6 Å². The molecule has 0 bridgehead atoms. The molecule has 0 spiro atoms. The Morgan fingerprint density at radius 2 is 2.23 bits per heavy atom. The van der Waals surface area contributed by atoms with Crippen molar-refractivity contribution in [2.45, 2.75) is 18.7 Å². The molecule has 0 fully saturated rings. The molecular formula is C10H12BrFO.